The van der Waals surface area contributed by atoms with Gasteiger partial charge in [-0.15, -0.1) is 0 Å². The molecule has 0 N–H and O–H groups in total. The summed E-state index contributed by atoms with van der Waals surface area (Å²) in [6.45, 7) is 1.69. The number of aromatic nitrogens is 1. The third-order valence-corrected chi connectivity index (χ3v) is 4.53. The molecular weight excluding hydrogens is 304 g/mol. The van der Waals surface area contributed by atoms with Crippen molar-refractivity contribution in [3.05, 3.63) is 48.3 Å². The van der Waals surface area contributed by atoms with Crippen LogP contribution in [0.4, 0.5) is 5.69 Å². The van der Waals surface area contributed by atoms with Crippen molar-refractivity contribution in [1.29, 1.82) is 0 Å². The molecule has 2 aromatic rings. The quantitative estimate of drug-likeness (QED) is 0.790. The highest BCUT2D eigenvalue weighted by Crippen LogP contribution is 2.31. The molecule has 1 aromatic heterocycles. The fourth-order valence-electron chi connectivity index (χ4n) is 3.13. The first-order valence-electron chi connectivity index (χ1n) is 8.13. The number of ether oxygens (including phenoxy) is 2. The third-order valence-electron chi connectivity index (χ3n) is 4.53. The first-order chi connectivity index (χ1) is 11.7. The lowest BCUT2D eigenvalue weighted by atomic mass is 9.89. The van der Waals surface area contributed by atoms with Crippen molar-refractivity contribution in [2.24, 2.45) is 5.92 Å². The summed E-state index contributed by atoms with van der Waals surface area (Å²) >= 11 is 0. The van der Waals surface area contributed by atoms with E-state index >= 15 is 0 Å². The maximum absolute atomic E-state index is 12.6. The van der Waals surface area contributed by atoms with Gasteiger partial charge in [-0.25, -0.2) is 0 Å². The van der Waals surface area contributed by atoms with Crippen LogP contribution in [-0.2, 0) is 0 Å². The zero-order valence-electron chi connectivity index (χ0n) is 14.1. The van der Waals surface area contributed by atoms with Crippen LogP contribution in [0, 0.1) is 5.92 Å². The number of ketones is 1. The second-order valence-electron chi connectivity index (χ2n) is 5.93. The van der Waals surface area contributed by atoms with E-state index in [-0.39, 0.29) is 11.7 Å². The molecule has 1 aliphatic rings. The fraction of sp³-hybridized carbons (Fsp3) is 0.368. The number of hydrogen-bond donors (Lipinski definition) is 0. The summed E-state index contributed by atoms with van der Waals surface area (Å²) in [5.41, 5.74) is 1.83. The van der Waals surface area contributed by atoms with Gasteiger partial charge in [0.05, 0.1) is 14.2 Å². The number of nitrogens with zero attached hydrogens (tertiary/aromatic N) is 2. The molecule has 0 amide bonds. The van der Waals surface area contributed by atoms with Crippen molar-refractivity contribution in [3.63, 3.8) is 0 Å². The van der Waals surface area contributed by atoms with Gasteiger partial charge in [0.25, 0.3) is 0 Å². The molecule has 0 atom stereocenters. The van der Waals surface area contributed by atoms with Crippen molar-refractivity contribution >= 4 is 11.5 Å². The lowest BCUT2D eigenvalue weighted by Gasteiger charge is -2.33. The Labute approximate surface area is 142 Å². The van der Waals surface area contributed by atoms with Gasteiger partial charge >= 0.3 is 0 Å². The number of hydrogen-bond acceptors (Lipinski definition) is 5. The standard InChI is InChI=1S/C19H22N2O3/c1-23-17-11-16(12-18(13-17)24-2)21-9-5-15(6-10-21)19(22)14-3-7-20-8-4-14/h3-4,7-8,11-13,15H,5-6,9-10H2,1-2H3. The predicted molar refractivity (Wildman–Crippen MR) is 93.1 cm³/mol. The van der Waals surface area contributed by atoms with E-state index < -0.39 is 0 Å². The fourth-order valence-corrected chi connectivity index (χ4v) is 3.13. The molecule has 1 aliphatic heterocycles. The highest BCUT2D eigenvalue weighted by molar-refractivity contribution is 5.97. The molecule has 0 spiro atoms. The second-order valence-corrected chi connectivity index (χ2v) is 5.93. The Hall–Kier alpha value is -2.56. The average molecular weight is 326 g/mol. The number of pyridine rings is 1. The molecule has 3 rings (SSSR count). The number of rotatable bonds is 5. The summed E-state index contributed by atoms with van der Waals surface area (Å²) in [7, 11) is 3.30. The Morgan fingerprint density at radius 3 is 2.17 bits per heavy atom. The Balaban J connectivity index is 1.68. The molecule has 0 saturated carbocycles. The molecule has 1 fully saturated rings. The van der Waals surface area contributed by atoms with Crippen molar-refractivity contribution in [3.8, 4) is 11.5 Å². The topological polar surface area (TPSA) is 51.7 Å². The number of anilines is 1. The van der Waals surface area contributed by atoms with Gasteiger partial charge in [0, 0.05) is 60.9 Å². The van der Waals surface area contributed by atoms with E-state index in [4.69, 9.17) is 9.47 Å². The first kappa shape index (κ1) is 16.3. The Morgan fingerprint density at radius 1 is 1.04 bits per heavy atom. The lowest BCUT2D eigenvalue weighted by Crippen LogP contribution is -2.36. The average Bonchev–Trinajstić information content (AvgIpc) is 2.67. The van der Waals surface area contributed by atoms with Crippen LogP contribution in [0.15, 0.2) is 42.7 Å². The van der Waals surface area contributed by atoms with Crippen molar-refractivity contribution in [2.75, 3.05) is 32.2 Å². The highest BCUT2D eigenvalue weighted by atomic mass is 16.5. The summed E-state index contributed by atoms with van der Waals surface area (Å²) in [5.74, 6) is 1.86. The van der Waals surface area contributed by atoms with Crippen LogP contribution < -0.4 is 14.4 Å². The summed E-state index contributed by atoms with van der Waals surface area (Å²) in [6.07, 6.45) is 5.04. The van der Waals surface area contributed by atoms with Crippen LogP contribution in [0.3, 0.4) is 0 Å². The Morgan fingerprint density at radius 2 is 1.62 bits per heavy atom. The van der Waals surface area contributed by atoms with E-state index in [1.165, 1.54) is 0 Å². The van der Waals surface area contributed by atoms with Crippen LogP contribution in [0.2, 0.25) is 0 Å². The van der Waals surface area contributed by atoms with Gasteiger partial charge < -0.3 is 14.4 Å². The Kier molecular flexibility index (Phi) is 4.99. The molecule has 126 valence electrons. The zero-order chi connectivity index (χ0) is 16.9. The van der Waals surface area contributed by atoms with Gasteiger partial charge in [-0.1, -0.05) is 0 Å². The third kappa shape index (κ3) is 3.50. The maximum atomic E-state index is 12.6. The summed E-state index contributed by atoms with van der Waals surface area (Å²) in [6, 6.07) is 9.47. The van der Waals surface area contributed by atoms with Gasteiger partial charge in [0.15, 0.2) is 5.78 Å². The monoisotopic (exact) mass is 326 g/mol. The molecule has 1 saturated heterocycles. The van der Waals surface area contributed by atoms with E-state index in [1.807, 2.05) is 18.2 Å². The van der Waals surface area contributed by atoms with E-state index in [0.717, 1.165) is 48.7 Å². The van der Waals surface area contributed by atoms with Crippen LogP contribution in [0.5, 0.6) is 11.5 Å². The largest absolute Gasteiger partial charge is 0.497 e. The van der Waals surface area contributed by atoms with E-state index in [9.17, 15) is 4.79 Å². The predicted octanol–water partition coefficient (Wildman–Crippen LogP) is 3.20. The maximum Gasteiger partial charge on any atom is 0.166 e. The molecule has 5 heteroatoms. The Bertz CT molecular complexity index is 673. The van der Waals surface area contributed by atoms with Gasteiger partial charge in [0.1, 0.15) is 11.5 Å². The van der Waals surface area contributed by atoms with E-state index in [1.54, 1.807) is 38.7 Å². The molecule has 24 heavy (non-hydrogen) atoms. The minimum atomic E-state index is 0.0798. The van der Waals surface area contributed by atoms with Gasteiger partial charge in [-0.2, -0.15) is 0 Å². The van der Waals surface area contributed by atoms with Crippen molar-refractivity contribution in [1.82, 2.24) is 4.98 Å². The molecule has 0 radical (unpaired) electrons. The van der Waals surface area contributed by atoms with Crippen LogP contribution in [-0.4, -0.2) is 38.1 Å². The van der Waals surface area contributed by atoms with Crippen LogP contribution >= 0.6 is 0 Å². The molecular formula is C19H22N2O3. The molecule has 0 aliphatic carbocycles. The number of methoxy groups -OCH3 is 2. The number of carbonyl (C=O) groups is 1. The van der Waals surface area contributed by atoms with Gasteiger partial charge in [-0.05, 0) is 25.0 Å². The van der Waals surface area contributed by atoms with Crippen LogP contribution in [0.1, 0.15) is 23.2 Å². The molecule has 1 aromatic carbocycles. The van der Waals surface area contributed by atoms with Gasteiger partial charge in [0.2, 0.25) is 0 Å². The molecule has 0 unspecified atom stereocenters. The lowest BCUT2D eigenvalue weighted by molar-refractivity contribution is 0.0900. The SMILES string of the molecule is COc1cc(OC)cc(N2CCC(C(=O)c3ccncc3)CC2)c1. The smallest absolute Gasteiger partial charge is 0.166 e. The summed E-state index contributed by atoms with van der Waals surface area (Å²) < 4.78 is 10.7. The van der Waals surface area contributed by atoms with Gasteiger partial charge in [-0.3, -0.25) is 9.78 Å². The minimum Gasteiger partial charge on any atom is -0.497 e. The number of benzene rings is 1. The van der Waals surface area contributed by atoms with E-state index in [0.29, 0.717) is 0 Å². The number of piperidine rings is 1. The molecule has 2 heterocycles. The first-order valence-corrected chi connectivity index (χ1v) is 8.13. The summed E-state index contributed by atoms with van der Waals surface area (Å²) in [5, 5.41) is 0. The highest BCUT2D eigenvalue weighted by Gasteiger charge is 2.26. The molecule has 0 bridgehead atoms. The second kappa shape index (κ2) is 7.34. The number of Topliss-reactive ketones (excluding diaryl/α,β-unsaturated/α-hetero) is 1. The minimum absolute atomic E-state index is 0.0798. The molecule has 5 nitrogen and oxygen atoms in total. The number of carbonyl (C=O) groups excluding carboxylic acids is 1. The summed E-state index contributed by atoms with van der Waals surface area (Å²) in [4.78, 5) is 18.8. The normalized spacial score (nSPS) is 15.2. The van der Waals surface area contributed by atoms with Crippen LogP contribution in [0.25, 0.3) is 0 Å². The zero-order valence-corrected chi connectivity index (χ0v) is 14.1. The van der Waals surface area contributed by atoms with Crippen molar-refractivity contribution < 1.29 is 14.3 Å². The van der Waals surface area contributed by atoms with Crippen molar-refractivity contribution in [2.45, 2.75) is 12.8 Å². The van der Waals surface area contributed by atoms with E-state index in [2.05, 4.69) is 9.88 Å².